The first-order chi connectivity index (χ1) is 26.7. The average molecular weight is 787 g/mol. The van der Waals surface area contributed by atoms with Crippen molar-refractivity contribution in [1.82, 2.24) is 30.6 Å². The van der Waals surface area contributed by atoms with E-state index in [9.17, 15) is 35.9 Å². The van der Waals surface area contributed by atoms with Crippen LogP contribution < -0.4 is 10.6 Å². The number of aromatic nitrogens is 4. The molecule has 56 heavy (non-hydrogen) atoms. The third kappa shape index (κ3) is 9.74. The first-order valence-electron chi connectivity index (χ1n) is 19.1. The van der Waals surface area contributed by atoms with Gasteiger partial charge in [-0.15, -0.1) is 0 Å². The number of nitrogens with one attached hydrogen (secondary N) is 2. The Bertz CT molecular complexity index is 1900. The molecule has 4 saturated carbocycles. The van der Waals surface area contributed by atoms with Crippen LogP contribution in [0.25, 0.3) is 21.8 Å². The van der Waals surface area contributed by atoms with Crippen molar-refractivity contribution in [2.24, 2.45) is 23.7 Å². The number of aliphatic hydroxyl groups excluding tert-OH is 2. The largest absolute Gasteiger partial charge is 0.396 e. The van der Waals surface area contributed by atoms with Gasteiger partial charge in [-0.25, -0.2) is 0 Å². The summed E-state index contributed by atoms with van der Waals surface area (Å²) in [5.74, 6) is -3.14. The van der Waals surface area contributed by atoms with E-state index in [-0.39, 0.29) is 48.6 Å². The Kier molecular flexibility index (Phi) is 11.5. The Balaban J connectivity index is 0.000000172. The molecular formula is C40H44F6N6O4. The predicted octanol–water partition coefficient (Wildman–Crippen LogP) is 7.15. The van der Waals surface area contributed by atoms with Crippen LogP contribution in [0.15, 0.2) is 49.1 Å². The Morgan fingerprint density at radius 3 is 1.30 bits per heavy atom. The van der Waals surface area contributed by atoms with Crippen molar-refractivity contribution in [3.8, 4) is 0 Å². The number of alkyl halides is 6. The van der Waals surface area contributed by atoms with Crippen molar-refractivity contribution >= 4 is 33.6 Å². The number of carbonyl (C=O) groups excluding carboxylic acids is 2. The SMILES string of the molecule is O=C(NC1CC(C[C@H](CO)C(F)(F)F)C1)c1cnc2cc(C3CC3)ncc2c1.O=C(NC1CC(C[C@H](CO)C(F)(F)F)C1)c1cnc2cc(C3CC3)ncc2c1. The van der Waals surface area contributed by atoms with Gasteiger partial charge in [0.05, 0.1) is 47.2 Å². The Morgan fingerprint density at radius 1 is 0.607 bits per heavy atom. The second-order valence-corrected chi connectivity index (χ2v) is 15.9. The van der Waals surface area contributed by atoms with Gasteiger partial charge in [0.1, 0.15) is 0 Å². The Morgan fingerprint density at radius 2 is 0.982 bits per heavy atom. The maximum absolute atomic E-state index is 12.7. The molecule has 0 saturated heterocycles. The third-order valence-electron chi connectivity index (χ3n) is 11.4. The second kappa shape index (κ2) is 16.2. The van der Waals surface area contributed by atoms with Crippen molar-refractivity contribution in [2.75, 3.05) is 13.2 Å². The standard InChI is InChI=1S/2C20H22F3N3O2/c2*21-20(22,23)15(10-27)3-11-4-16(5-11)26-19(28)14-6-13-8-24-17(12-1-2-12)7-18(13)25-9-14/h2*6-9,11-12,15-16,27H,1-5,10H2,(H,26,28)/t2*11?,15-,16?/m11/s1. The van der Waals surface area contributed by atoms with E-state index in [4.69, 9.17) is 10.2 Å². The monoisotopic (exact) mass is 786 g/mol. The van der Waals surface area contributed by atoms with Gasteiger partial charge in [-0.3, -0.25) is 29.5 Å². The van der Waals surface area contributed by atoms with Crippen LogP contribution in [0.1, 0.15) is 108 Å². The highest BCUT2D eigenvalue weighted by atomic mass is 19.4. The maximum Gasteiger partial charge on any atom is 0.394 e. The van der Waals surface area contributed by atoms with Gasteiger partial charge in [0.25, 0.3) is 11.8 Å². The van der Waals surface area contributed by atoms with Gasteiger partial charge in [-0.2, -0.15) is 26.3 Å². The first-order valence-corrected chi connectivity index (χ1v) is 19.1. The number of hydrogen-bond donors (Lipinski definition) is 4. The van der Waals surface area contributed by atoms with Crippen LogP contribution in [0.5, 0.6) is 0 Å². The molecule has 0 unspecified atom stereocenters. The summed E-state index contributed by atoms with van der Waals surface area (Å²) in [5, 5.41) is 25.1. The van der Waals surface area contributed by atoms with Crippen LogP contribution in [0.2, 0.25) is 0 Å². The van der Waals surface area contributed by atoms with E-state index in [1.54, 1.807) is 24.5 Å². The first kappa shape index (κ1) is 39.8. The van der Waals surface area contributed by atoms with Gasteiger partial charge in [0.2, 0.25) is 0 Å². The summed E-state index contributed by atoms with van der Waals surface area (Å²) in [6.07, 6.45) is 4.15. The molecule has 0 radical (unpaired) electrons. The third-order valence-corrected chi connectivity index (χ3v) is 11.4. The van der Waals surface area contributed by atoms with E-state index in [1.165, 1.54) is 12.4 Å². The van der Waals surface area contributed by atoms with E-state index < -0.39 is 37.4 Å². The molecule has 0 bridgehead atoms. The highest BCUT2D eigenvalue weighted by molar-refractivity contribution is 5.98. The summed E-state index contributed by atoms with van der Waals surface area (Å²) in [5.41, 5.74) is 4.52. The minimum absolute atomic E-state index is 0.0983. The topological polar surface area (TPSA) is 150 Å². The van der Waals surface area contributed by atoms with Crippen molar-refractivity contribution < 1.29 is 46.1 Å². The molecule has 4 aromatic rings. The number of pyridine rings is 4. The summed E-state index contributed by atoms with van der Waals surface area (Å²) in [6, 6.07) is 7.12. The van der Waals surface area contributed by atoms with E-state index in [0.29, 0.717) is 48.6 Å². The van der Waals surface area contributed by atoms with Crippen LogP contribution in [0, 0.1) is 23.7 Å². The quantitative estimate of drug-likeness (QED) is 0.111. The van der Waals surface area contributed by atoms with E-state index in [0.717, 1.165) is 58.9 Å². The maximum atomic E-state index is 12.7. The summed E-state index contributed by atoms with van der Waals surface area (Å²) >= 11 is 0. The van der Waals surface area contributed by atoms with Crippen molar-refractivity contribution in [3.63, 3.8) is 0 Å². The van der Waals surface area contributed by atoms with Crippen LogP contribution in [-0.4, -0.2) is 79.6 Å². The number of aliphatic hydroxyl groups is 2. The van der Waals surface area contributed by atoms with Gasteiger partial charge in [-0.1, -0.05) is 0 Å². The normalized spacial score (nSPS) is 23.3. The molecule has 4 aliphatic carbocycles. The van der Waals surface area contributed by atoms with E-state index >= 15 is 0 Å². The Hall–Kier alpha value is -4.44. The predicted molar refractivity (Wildman–Crippen MR) is 193 cm³/mol. The van der Waals surface area contributed by atoms with Gasteiger partial charge in [0, 0.05) is 70.9 Å². The molecule has 2 atom stereocenters. The molecule has 10 nitrogen and oxygen atoms in total. The highest BCUT2D eigenvalue weighted by Crippen LogP contribution is 2.42. The van der Waals surface area contributed by atoms with Crippen molar-refractivity contribution in [1.29, 1.82) is 0 Å². The zero-order chi connectivity index (χ0) is 39.8. The fraction of sp³-hybridized carbons (Fsp3) is 0.550. The number of halogens is 6. The minimum atomic E-state index is -4.38. The molecule has 2 amide bonds. The van der Waals surface area contributed by atoms with Crippen LogP contribution in [0.3, 0.4) is 0 Å². The lowest BCUT2D eigenvalue weighted by Crippen LogP contribution is -2.45. The van der Waals surface area contributed by atoms with Crippen molar-refractivity contribution in [3.05, 3.63) is 71.6 Å². The molecular weight excluding hydrogens is 742 g/mol. The molecule has 4 heterocycles. The lowest BCUT2D eigenvalue weighted by molar-refractivity contribution is -0.191. The number of amides is 2. The summed E-state index contributed by atoms with van der Waals surface area (Å²) < 4.78 is 76.4. The summed E-state index contributed by atoms with van der Waals surface area (Å²) in [7, 11) is 0. The summed E-state index contributed by atoms with van der Waals surface area (Å²) in [6.45, 7) is -1.79. The van der Waals surface area contributed by atoms with Crippen LogP contribution in [-0.2, 0) is 0 Å². The minimum Gasteiger partial charge on any atom is -0.396 e. The van der Waals surface area contributed by atoms with Gasteiger partial charge >= 0.3 is 12.4 Å². The Labute approximate surface area is 318 Å². The lowest BCUT2D eigenvalue weighted by Gasteiger charge is -2.37. The molecule has 300 valence electrons. The summed E-state index contributed by atoms with van der Waals surface area (Å²) in [4.78, 5) is 42.5. The zero-order valence-electron chi connectivity index (χ0n) is 30.5. The number of nitrogens with zero attached hydrogens (tertiary/aromatic N) is 4. The molecule has 4 aromatic heterocycles. The molecule has 8 rings (SSSR count). The molecule has 0 aliphatic heterocycles. The second-order valence-electron chi connectivity index (χ2n) is 15.9. The number of rotatable bonds is 12. The average Bonchev–Trinajstić information content (AvgIpc) is 4.06. The smallest absolute Gasteiger partial charge is 0.394 e. The molecule has 0 aromatic carbocycles. The van der Waals surface area contributed by atoms with Crippen LogP contribution in [0.4, 0.5) is 26.3 Å². The molecule has 0 spiro atoms. The molecule has 4 fully saturated rings. The van der Waals surface area contributed by atoms with E-state index in [1.807, 2.05) is 12.1 Å². The fourth-order valence-corrected chi connectivity index (χ4v) is 7.59. The van der Waals surface area contributed by atoms with Crippen LogP contribution >= 0.6 is 0 Å². The molecule has 4 aliphatic rings. The fourth-order valence-electron chi connectivity index (χ4n) is 7.59. The van der Waals surface area contributed by atoms with Crippen molar-refractivity contribution in [2.45, 2.75) is 100 Å². The van der Waals surface area contributed by atoms with E-state index in [2.05, 4.69) is 30.6 Å². The number of fused-ring (bicyclic) bond motifs is 2. The number of hydrogen-bond acceptors (Lipinski definition) is 8. The number of carbonyl (C=O) groups is 2. The lowest BCUT2D eigenvalue weighted by atomic mass is 9.75. The molecule has 16 heteroatoms. The van der Waals surface area contributed by atoms with Gasteiger partial charge in [-0.05, 0) is 100 Å². The highest BCUT2D eigenvalue weighted by Gasteiger charge is 2.44. The van der Waals surface area contributed by atoms with Gasteiger partial charge < -0.3 is 20.8 Å². The zero-order valence-corrected chi connectivity index (χ0v) is 30.5. The molecule has 4 N–H and O–H groups in total. The van der Waals surface area contributed by atoms with Gasteiger partial charge in [0.15, 0.2) is 0 Å².